The number of nitrogens with zero attached hydrogens (tertiary/aromatic N) is 1. The van der Waals surface area contributed by atoms with E-state index in [0.717, 1.165) is 4.90 Å². The molecule has 3 rings (SSSR count). The van der Waals surface area contributed by atoms with Crippen molar-refractivity contribution in [2.24, 2.45) is 0 Å². The van der Waals surface area contributed by atoms with Gasteiger partial charge < -0.3 is 10.4 Å². The molecular formula is C18H11Cl3N2O4S. The van der Waals surface area contributed by atoms with Gasteiger partial charge in [-0.1, -0.05) is 53.0 Å². The Kier molecular flexibility index (Phi) is 6.20. The number of carbonyl (C=O) groups is 3. The summed E-state index contributed by atoms with van der Waals surface area (Å²) in [4.78, 5) is 37.7. The van der Waals surface area contributed by atoms with Crippen molar-refractivity contribution in [2.75, 3.05) is 11.9 Å². The summed E-state index contributed by atoms with van der Waals surface area (Å²) in [6, 6.07) is 9.92. The molecule has 2 aromatic rings. The lowest BCUT2D eigenvalue weighted by Gasteiger charge is -2.12. The summed E-state index contributed by atoms with van der Waals surface area (Å²) in [5.74, 6) is -1.57. The molecule has 0 atom stereocenters. The zero-order chi connectivity index (χ0) is 20.4. The van der Waals surface area contributed by atoms with Crippen LogP contribution < -0.4 is 5.32 Å². The normalized spacial score (nSPS) is 15.4. The zero-order valence-corrected chi connectivity index (χ0v) is 17.0. The van der Waals surface area contributed by atoms with Gasteiger partial charge in [0.1, 0.15) is 6.54 Å². The van der Waals surface area contributed by atoms with Crippen LogP contribution in [-0.4, -0.2) is 33.6 Å². The topological polar surface area (TPSA) is 86.7 Å². The predicted octanol–water partition coefficient (Wildman–Crippen LogP) is 5.03. The highest BCUT2D eigenvalue weighted by molar-refractivity contribution is 8.18. The Labute approximate surface area is 179 Å². The van der Waals surface area contributed by atoms with E-state index < -0.39 is 23.6 Å². The van der Waals surface area contributed by atoms with E-state index in [1.165, 1.54) is 12.1 Å². The van der Waals surface area contributed by atoms with Crippen LogP contribution in [-0.2, 0) is 9.59 Å². The van der Waals surface area contributed by atoms with E-state index in [-0.39, 0.29) is 31.3 Å². The van der Waals surface area contributed by atoms with Gasteiger partial charge >= 0.3 is 0 Å². The third-order valence-electron chi connectivity index (χ3n) is 3.69. The molecule has 0 spiro atoms. The number of anilines is 1. The number of halogens is 3. The van der Waals surface area contributed by atoms with E-state index in [4.69, 9.17) is 34.8 Å². The number of benzene rings is 2. The minimum atomic E-state index is -0.667. The maximum Gasteiger partial charge on any atom is 0.294 e. The van der Waals surface area contributed by atoms with Crippen LogP contribution in [0.2, 0.25) is 15.1 Å². The standard InChI is InChI=1S/C18H11Cl3N2O4S/c19-11-7-12(20)16(25)15(21)10(11)6-13-17(26)23(18(27)28-13)8-14(24)22-9-4-2-1-3-5-9/h1-7,25H,8H2,(H,22,24)/b13-6-. The van der Waals surface area contributed by atoms with Gasteiger partial charge in [-0.05, 0) is 36.0 Å². The van der Waals surface area contributed by atoms with E-state index in [0.29, 0.717) is 17.4 Å². The average Bonchev–Trinajstić information content (AvgIpc) is 2.91. The van der Waals surface area contributed by atoms with Gasteiger partial charge in [-0.3, -0.25) is 19.3 Å². The molecule has 0 saturated carbocycles. The van der Waals surface area contributed by atoms with Gasteiger partial charge in [0.25, 0.3) is 11.1 Å². The van der Waals surface area contributed by atoms with Crippen molar-refractivity contribution in [3.05, 3.63) is 61.9 Å². The Balaban J connectivity index is 1.80. The Hall–Kier alpha value is -2.19. The summed E-state index contributed by atoms with van der Waals surface area (Å²) in [7, 11) is 0. The van der Waals surface area contributed by atoms with Crippen LogP contribution in [0, 0.1) is 0 Å². The third kappa shape index (κ3) is 4.28. The fraction of sp³-hybridized carbons (Fsp3) is 0.0556. The minimum absolute atomic E-state index is 0.0167. The van der Waals surface area contributed by atoms with Crippen LogP contribution in [0.1, 0.15) is 5.56 Å². The molecule has 28 heavy (non-hydrogen) atoms. The van der Waals surface area contributed by atoms with Crippen molar-refractivity contribution >= 4 is 75.4 Å². The van der Waals surface area contributed by atoms with Gasteiger partial charge in [0, 0.05) is 11.3 Å². The summed E-state index contributed by atoms with van der Waals surface area (Å²) >= 11 is 18.5. The minimum Gasteiger partial charge on any atom is -0.505 e. The number of para-hydroxylation sites is 1. The molecule has 0 aliphatic carbocycles. The average molecular weight is 458 g/mol. The number of hydrogen-bond donors (Lipinski definition) is 2. The van der Waals surface area contributed by atoms with Crippen molar-refractivity contribution in [3.8, 4) is 5.75 Å². The lowest BCUT2D eigenvalue weighted by molar-refractivity contribution is -0.127. The van der Waals surface area contributed by atoms with Crippen LogP contribution in [0.25, 0.3) is 6.08 Å². The van der Waals surface area contributed by atoms with Gasteiger partial charge in [-0.2, -0.15) is 0 Å². The molecule has 2 N–H and O–H groups in total. The van der Waals surface area contributed by atoms with Crippen LogP contribution in [0.15, 0.2) is 41.3 Å². The summed E-state index contributed by atoms with van der Waals surface area (Å²) in [6.07, 6.45) is 1.28. The lowest BCUT2D eigenvalue weighted by atomic mass is 10.2. The summed E-state index contributed by atoms with van der Waals surface area (Å²) in [5, 5.41) is 11.7. The Morgan fingerprint density at radius 3 is 2.50 bits per heavy atom. The van der Waals surface area contributed by atoms with Gasteiger partial charge in [0.2, 0.25) is 5.91 Å². The van der Waals surface area contributed by atoms with Crippen molar-refractivity contribution in [3.63, 3.8) is 0 Å². The summed E-state index contributed by atoms with van der Waals surface area (Å²) in [5.41, 5.74) is 0.690. The van der Waals surface area contributed by atoms with Crippen molar-refractivity contribution in [2.45, 2.75) is 0 Å². The maximum absolute atomic E-state index is 12.5. The number of carbonyl (C=O) groups excluding carboxylic acids is 3. The lowest BCUT2D eigenvalue weighted by Crippen LogP contribution is -2.36. The Morgan fingerprint density at radius 1 is 1.14 bits per heavy atom. The first-order chi connectivity index (χ1) is 13.3. The first-order valence-electron chi connectivity index (χ1n) is 7.74. The van der Waals surface area contributed by atoms with Gasteiger partial charge in [0.15, 0.2) is 5.75 Å². The predicted molar refractivity (Wildman–Crippen MR) is 111 cm³/mol. The number of amides is 3. The second kappa shape index (κ2) is 8.45. The highest BCUT2D eigenvalue weighted by Gasteiger charge is 2.36. The number of imide groups is 1. The van der Waals surface area contributed by atoms with Crippen LogP contribution in [0.5, 0.6) is 5.75 Å². The molecule has 144 valence electrons. The molecular weight excluding hydrogens is 447 g/mol. The maximum atomic E-state index is 12.5. The molecule has 0 unspecified atom stereocenters. The molecule has 0 radical (unpaired) electrons. The van der Waals surface area contributed by atoms with E-state index >= 15 is 0 Å². The number of thioether (sulfide) groups is 1. The van der Waals surface area contributed by atoms with Crippen LogP contribution in [0.4, 0.5) is 10.5 Å². The van der Waals surface area contributed by atoms with E-state index in [1.807, 2.05) is 0 Å². The Morgan fingerprint density at radius 2 is 1.82 bits per heavy atom. The van der Waals surface area contributed by atoms with Gasteiger partial charge in [-0.15, -0.1) is 0 Å². The second-order valence-electron chi connectivity index (χ2n) is 5.60. The number of aromatic hydroxyl groups is 1. The molecule has 2 aromatic carbocycles. The monoisotopic (exact) mass is 456 g/mol. The SMILES string of the molecule is O=C(CN1C(=O)S/C(=C\c2c(Cl)cc(Cl)c(O)c2Cl)C1=O)Nc1ccccc1. The van der Waals surface area contributed by atoms with E-state index in [2.05, 4.69) is 5.32 Å². The van der Waals surface area contributed by atoms with Crippen LogP contribution in [0.3, 0.4) is 0 Å². The smallest absolute Gasteiger partial charge is 0.294 e. The quantitative estimate of drug-likeness (QED) is 0.629. The molecule has 1 heterocycles. The van der Waals surface area contributed by atoms with E-state index in [9.17, 15) is 19.5 Å². The molecule has 6 nitrogen and oxygen atoms in total. The number of phenolic OH excluding ortho intramolecular Hbond substituents is 1. The molecule has 3 amide bonds. The molecule has 0 bridgehead atoms. The Bertz CT molecular complexity index is 1010. The first kappa shape index (κ1) is 20.5. The van der Waals surface area contributed by atoms with Gasteiger partial charge in [0.05, 0.1) is 20.0 Å². The highest BCUT2D eigenvalue weighted by Crippen LogP contribution is 2.42. The fourth-order valence-electron chi connectivity index (χ4n) is 2.36. The molecule has 1 aliphatic heterocycles. The number of rotatable bonds is 4. The number of hydrogen-bond acceptors (Lipinski definition) is 5. The van der Waals surface area contributed by atoms with E-state index in [1.54, 1.807) is 30.3 Å². The van der Waals surface area contributed by atoms with Gasteiger partial charge in [-0.25, -0.2) is 0 Å². The zero-order valence-electron chi connectivity index (χ0n) is 13.9. The molecule has 1 aliphatic rings. The molecule has 1 fully saturated rings. The van der Waals surface area contributed by atoms with Crippen molar-refractivity contribution in [1.29, 1.82) is 0 Å². The number of nitrogens with one attached hydrogen (secondary N) is 1. The molecule has 1 saturated heterocycles. The second-order valence-corrected chi connectivity index (χ2v) is 7.78. The first-order valence-corrected chi connectivity index (χ1v) is 9.69. The largest absolute Gasteiger partial charge is 0.505 e. The number of phenols is 1. The van der Waals surface area contributed by atoms with Crippen molar-refractivity contribution < 1.29 is 19.5 Å². The summed E-state index contributed by atoms with van der Waals surface area (Å²) in [6.45, 7) is -0.440. The summed E-state index contributed by atoms with van der Waals surface area (Å²) < 4.78 is 0. The van der Waals surface area contributed by atoms with Crippen LogP contribution >= 0.6 is 46.6 Å². The fourth-order valence-corrected chi connectivity index (χ4v) is 4.05. The third-order valence-corrected chi connectivity index (χ3v) is 5.58. The molecule has 0 aromatic heterocycles. The van der Waals surface area contributed by atoms with Crippen molar-refractivity contribution in [1.82, 2.24) is 4.90 Å². The molecule has 10 heteroatoms. The highest BCUT2D eigenvalue weighted by atomic mass is 35.5.